The maximum absolute atomic E-state index is 12.5. The second-order valence-corrected chi connectivity index (χ2v) is 3.58. The Morgan fingerprint density at radius 1 is 1.19 bits per heavy atom. The van der Waals surface area contributed by atoms with Crippen molar-refractivity contribution in [2.75, 3.05) is 5.73 Å². The summed E-state index contributed by atoms with van der Waals surface area (Å²) in [4.78, 5) is 4.11. The van der Waals surface area contributed by atoms with Crippen molar-refractivity contribution < 1.29 is 13.2 Å². The van der Waals surface area contributed by atoms with Gasteiger partial charge >= 0.3 is 6.18 Å². The highest BCUT2D eigenvalue weighted by atomic mass is 19.4. The third-order valence-electron chi connectivity index (χ3n) is 2.30. The third kappa shape index (κ3) is 1.80. The number of halogens is 3. The third-order valence-corrected chi connectivity index (χ3v) is 2.30. The van der Waals surface area contributed by atoms with Gasteiger partial charge in [0.15, 0.2) is 0 Å². The van der Waals surface area contributed by atoms with Gasteiger partial charge in [-0.1, -0.05) is 0 Å². The van der Waals surface area contributed by atoms with E-state index in [0.717, 1.165) is 12.1 Å². The van der Waals surface area contributed by atoms with Crippen LogP contribution in [-0.2, 0) is 6.18 Å². The molecular weight excluding hydrogens is 217 g/mol. The van der Waals surface area contributed by atoms with E-state index in [1.807, 2.05) is 0 Å². The maximum atomic E-state index is 12.5. The van der Waals surface area contributed by atoms with E-state index in [0.29, 0.717) is 22.3 Å². The van der Waals surface area contributed by atoms with Gasteiger partial charge in [-0.05, 0) is 31.2 Å². The molecular formula is C11H9F3N2. The van der Waals surface area contributed by atoms with Crippen LogP contribution in [0.3, 0.4) is 0 Å². The second-order valence-electron chi connectivity index (χ2n) is 3.58. The molecule has 1 aromatic carbocycles. The Kier molecular flexibility index (Phi) is 2.26. The SMILES string of the molecule is Cc1cc(N)c2cc(C(F)(F)F)ccc2n1. The molecule has 0 unspecified atom stereocenters. The molecule has 2 aromatic rings. The highest BCUT2D eigenvalue weighted by Crippen LogP contribution is 2.32. The Morgan fingerprint density at radius 2 is 1.88 bits per heavy atom. The lowest BCUT2D eigenvalue weighted by molar-refractivity contribution is -0.137. The fraction of sp³-hybridized carbons (Fsp3) is 0.182. The number of rotatable bonds is 0. The number of hydrogen-bond acceptors (Lipinski definition) is 2. The lowest BCUT2D eigenvalue weighted by Gasteiger charge is -2.09. The monoisotopic (exact) mass is 226 g/mol. The van der Waals surface area contributed by atoms with Crippen LogP contribution in [0.15, 0.2) is 24.3 Å². The van der Waals surface area contributed by atoms with Crippen LogP contribution in [0.5, 0.6) is 0 Å². The minimum Gasteiger partial charge on any atom is -0.398 e. The van der Waals surface area contributed by atoms with Crippen LogP contribution in [0.25, 0.3) is 10.9 Å². The molecule has 0 saturated heterocycles. The average Bonchev–Trinajstić information content (AvgIpc) is 2.15. The van der Waals surface area contributed by atoms with Crippen molar-refractivity contribution in [1.82, 2.24) is 4.98 Å². The van der Waals surface area contributed by atoms with Gasteiger partial charge in [0.25, 0.3) is 0 Å². The number of fused-ring (bicyclic) bond motifs is 1. The number of nitrogens with zero attached hydrogens (tertiary/aromatic N) is 1. The quantitative estimate of drug-likeness (QED) is 0.749. The number of hydrogen-bond donors (Lipinski definition) is 1. The molecule has 0 spiro atoms. The van der Waals surface area contributed by atoms with Crippen molar-refractivity contribution in [3.63, 3.8) is 0 Å². The molecule has 0 aliphatic rings. The first kappa shape index (κ1) is 10.7. The molecule has 0 radical (unpaired) electrons. The molecule has 0 bridgehead atoms. The number of aromatic nitrogens is 1. The molecule has 0 saturated carbocycles. The van der Waals surface area contributed by atoms with Crippen LogP contribution in [0.2, 0.25) is 0 Å². The van der Waals surface area contributed by atoms with Crippen LogP contribution >= 0.6 is 0 Å². The predicted octanol–water partition coefficient (Wildman–Crippen LogP) is 3.14. The van der Waals surface area contributed by atoms with E-state index in [4.69, 9.17) is 5.73 Å². The largest absolute Gasteiger partial charge is 0.416 e. The summed E-state index contributed by atoms with van der Waals surface area (Å²) in [6.07, 6.45) is -4.36. The molecule has 2 rings (SSSR count). The maximum Gasteiger partial charge on any atom is 0.416 e. The fourth-order valence-electron chi connectivity index (χ4n) is 1.57. The van der Waals surface area contributed by atoms with Gasteiger partial charge in [-0.15, -0.1) is 0 Å². The van der Waals surface area contributed by atoms with Crippen LogP contribution < -0.4 is 5.73 Å². The number of alkyl halides is 3. The molecule has 2 N–H and O–H groups in total. The Balaban J connectivity index is 2.72. The molecule has 2 nitrogen and oxygen atoms in total. The molecule has 5 heteroatoms. The normalized spacial score (nSPS) is 12.0. The standard InChI is InChI=1S/C11H9F3N2/c1-6-4-9(15)8-5-7(11(12,13)14)2-3-10(8)16-6/h2-5H,1H3,(H2,15,16). The number of aryl methyl sites for hydroxylation is 1. The van der Waals surface area contributed by atoms with E-state index in [2.05, 4.69) is 4.98 Å². The molecule has 16 heavy (non-hydrogen) atoms. The zero-order valence-corrected chi connectivity index (χ0v) is 8.47. The van der Waals surface area contributed by atoms with Crippen molar-refractivity contribution in [1.29, 1.82) is 0 Å². The first-order valence-electron chi connectivity index (χ1n) is 4.62. The minimum atomic E-state index is -4.36. The Labute approximate surface area is 89.9 Å². The zero-order chi connectivity index (χ0) is 11.9. The summed E-state index contributed by atoms with van der Waals surface area (Å²) in [6, 6.07) is 4.93. The number of nitrogen functional groups attached to an aromatic ring is 1. The topological polar surface area (TPSA) is 38.9 Å². The minimum absolute atomic E-state index is 0.314. The molecule has 1 aromatic heterocycles. The summed E-state index contributed by atoms with van der Waals surface area (Å²) in [5.74, 6) is 0. The highest BCUT2D eigenvalue weighted by molar-refractivity contribution is 5.90. The number of anilines is 1. The molecule has 0 fully saturated rings. The van der Waals surface area contributed by atoms with Crippen molar-refractivity contribution in [2.45, 2.75) is 13.1 Å². The number of benzene rings is 1. The molecule has 1 heterocycles. The van der Waals surface area contributed by atoms with Gasteiger partial charge in [0, 0.05) is 16.8 Å². The van der Waals surface area contributed by atoms with Gasteiger partial charge in [0.1, 0.15) is 0 Å². The summed E-state index contributed by atoms with van der Waals surface area (Å²) in [5, 5.41) is 0.334. The zero-order valence-electron chi connectivity index (χ0n) is 8.47. The van der Waals surface area contributed by atoms with Crippen molar-refractivity contribution in [2.24, 2.45) is 0 Å². The van der Waals surface area contributed by atoms with Gasteiger partial charge < -0.3 is 5.73 Å². The highest BCUT2D eigenvalue weighted by Gasteiger charge is 2.30. The first-order chi connectivity index (χ1) is 7.38. The average molecular weight is 226 g/mol. The number of pyridine rings is 1. The smallest absolute Gasteiger partial charge is 0.398 e. The summed E-state index contributed by atoms with van der Waals surface area (Å²) in [7, 11) is 0. The molecule has 0 amide bonds. The van der Waals surface area contributed by atoms with Gasteiger partial charge in [0.05, 0.1) is 11.1 Å². The second kappa shape index (κ2) is 3.37. The van der Waals surface area contributed by atoms with E-state index >= 15 is 0 Å². The van der Waals surface area contributed by atoms with Crippen LogP contribution in [-0.4, -0.2) is 4.98 Å². The van der Waals surface area contributed by atoms with E-state index < -0.39 is 11.7 Å². The Morgan fingerprint density at radius 3 is 2.50 bits per heavy atom. The molecule has 0 aliphatic carbocycles. The predicted molar refractivity (Wildman–Crippen MR) is 55.9 cm³/mol. The van der Waals surface area contributed by atoms with Crippen LogP contribution in [0.1, 0.15) is 11.3 Å². The molecule has 84 valence electrons. The van der Waals surface area contributed by atoms with Gasteiger partial charge in [0.2, 0.25) is 0 Å². The summed E-state index contributed by atoms with van der Waals surface area (Å²) in [5.41, 5.74) is 6.43. The van der Waals surface area contributed by atoms with Crippen molar-refractivity contribution in [3.05, 3.63) is 35.5 Å². The van der Waals surface area contributed by atoms with Gasteiger partial charge in [-0.2, -0.15) is 13.2 Å². The summed E-state index contributed by atoms with van der Waals surface area (Å²) >= 11 is 0. The van der Waals surface area contributed by atoms with Crippen LogP contribution in [0, 0.1) is 6.92 Å². The van der Waals surface area contributed by atoms with E-state index in [-0.39, 0.29) is 0 Å². The van der Waals surface area contributed by atoms with Crippen LogP contribution in [0.4, 0.5) is 18.9 Å². The van der Waals surface area contributed by atoms with Crippen molar-refractivity contribution >= 4 is 16.6 Å². The first-order valence-corrected chi connectivity index (χ1v) is 4.62. The fourth-order valence-corrected chi connectivity index (χ4v) is 1.57. The van der Waals surface area contributed by atoms with Gasteiger partial charge in [-0.25, -0.2) is 0 Å². The van der Waals surface area contributed by atoms with E-state index in [1.54, 1.807) is 13.0 Å². The molecule has 0 atom stereocenters. The summed E-state index contributed by atoms with van der Waals surface area (Å²) in [6.45, 7) is 1.74. The number of nitrogens with two attached hydrogens (primary N) is 1. The Hall–Kier alpha value is -1.78. The van der Waals surface area contributed by atoms with E-state index in [9.17, 15) is 13.2 Å². The lowest BCUT2D eigenvalue weighted by atomic mass is 10.1. The Bertz CT molecular complexity index is 547. The van der Waals surface area contributed by atoms with Crippen molar-refractivity contribution in [3.8, 4) is 0 Å². The molecule has 0 aliphatic heterocycles. The van der Waals surface area contributed by atoms with E-state index in [1.165, 1.54) is 6.07 Å². The lowest BCUT2D eigenvalue weighted by Crippen LogP contribution is -2.05. The van der Waals surface area contributed by atoms with Gasteiger partial charge in [-0.3, -0.25) is 4.98 Å². The summed E-state index contributed by atoms with van der Waals surface area (Å²) < 4.78 is 37.4.